The topological polar surface area (TPSA) is 40.5 Å². The molecule has 0 fully saturated rings. The molecule has 0 saturated heterocycles. The van der Waals surface area contributed by atoms with Crippen molar-refractivity contribution in [3.8, 4) is 17.2 Å². The molecule has 4 nitrogen and oxygen atoms in total. The highest BCUT2D eigenvalue weighted by atomic mass is 19.2. The predicted octanol–water partition coefficient (Wildman–Crippen LogP) is 2.15. The SMILES string of the molecule is Cc1ccc(=O)n(-c2cc3c(c(F)c2F)OCO3)c1. The van der Waals surface area contributed by atoms with Crippen LogP contribution in [0.15, 0.2) is 29.2 Å². The van der Waals surface area contributed by atoms with E-state index in [2.05, 4.69) is 0 Å². The van der Waals surface area contributed by atoms with Crippen LogP contribution < -0.4 is 15.0 Å². The highest BCUT2D eigenvalue weighted by molar-refractivity contribution is 5.52. The molecule has 1 aromatic heterocycles. The lowest BCUT2D eigenvalue weighted by atomic mass is 10.2. The van der Waals surface area contributed by atoms with Gasteiger partial charge in [0.1, 0.15) is 0 Å². The quantitative estimate of drug-likeness (QED) is 0.793. The number of aromatic nitrogens is 1. The van der Waals surface area contributed by atoms with Crippen molar-refractivity contribution in [2.75, 3.05) is 6.79 Å². The van der Waals surface area contributed by atoms with Crippen molar-refractivity contribution >= 4 is 0 Å². The number of ether oxygens (including phenoxy) is 2. The zero-order valence-electron chi connectivity index (χ0n) is 9.94. The summed E-state index contributed by atoms with van der Waals surface area (Å²) in [4.78, 5) is 11.7. The maximum Gasteiger partial charge on any atom is 0.255 e. The average molecular weight is 265 g/mol. The van der Waals surface area contributed by atoms with E-state index in [0.717, 1.165) is 10.1 Å². The predicted molar refractivity (Wildman–Crippen MR) is 62.8 cm³/mol. The zero-order chi connectivity index (χ0) is 13.6. The summed E-state index contributed by atoms with van der Waals surface area (Å²) in [5.41, 5.74) is 0.0929. The van der Waals surface area contributed by atoms with E-state index in [4.69, 9.17) is 9.47 Å². The number of benzene rings is 1. The van der Waals surface area contributed by atoms with Crippen molar-refractivity contribution in [1.29, 1.82) is 0 Å². The van der Waals surface area contributed by atoms with Gasteiger partial charge in [-0.15, -0.1) is 0 Å². The first-order chi connectivity index (χ1) is 9.08. The van der Waals surface area contributed by atoms with Gasteiger partial charge < -0.3 is 9.47 Å². The van der Waals surface area contributed by atoms with E-state index in [1.807, 2.05) is 0 Å². The fraction of sp³-hybridized carbons (Fsp3) is 0.154. The molecule has 0 radical (unpaired) electrons. The van der Waals surface area contributed by atoms with Crippen molar-refractivity contribution in [2.24, 2.45) is 0 Å². The normalized spacial score (nSPS) is 12.8. The van der Waals surface area contributed by atoms with Gasteiger partial charge in [0.2, 0.25) is 18.4 Å². The molecule has 0 aliphatic carbocycles. The highest BCUT2D eigenvalue weighted by Crippen LogP contribution is 2.38. The number of nitrogens with zero attached hydrogens (tertiary/aromatic N) is 1. The Bertz CT molecular complexity index is 725. The molecule has 0 amide bonds. The number of pyridine rings is 1. The number of rotatable bonds is 1. The molecule has 0 bridgehead atoms. The molecule has 1 aliphatic rings. The summed E-state index contributed by atoms with van der Waals surface area (Å²) in [6.45, 7) is 1.58. The van der Waals surface area contributed by atoms with Crippen molar-refractivity contribution in [1.82, 2.24) is 4.57 Å². The van der Waals surface area contributed by atoms with Gasteiger partial charge in [-0.2, -0.15) is 4.39 Å². The molecule has 2 aromatic rings. The van der Waals surface area contributed by atoms with Crippen LogP contribution >= 0.6 is 0 Å². The third kappa shape index (κ3) is 1.76. The van der Waals surface area contributed by atoms with Crippen molar-refractivity contribution in [3.05, 3.63) is 51.9 Å². The fourth-order valence-electron chi connectivity index (χ4n) is 1.92. The maximum atomic E-state index is 14.0. The summed E-state index contributed by atoms with van der Waals surface area (Å²) < 4.78 is 38.7. The van der Waals surface area contributed by atoms with Crippen LogP contribution in [0.2, 0.25) is 0 Å². The Morgan fingerprint density at radius 2 is 2.00 bits per heavy atom. The first-order valence-corrected chi connectivity index (χ1v) is 5.55. The lowest BCUT2D eigenvalue weighted by Crippen LogP contribution is -2.18. The molecule has 0 N–H and O–H groups in total. The Labute approximate surface area is 106 Å². The van der Waals surface area contributed by atoms with Crippen LogP contribution in [0.25, 0.3) is 5.69 Å². The van der Waals surface area contributed by atoms with Gasteiger partial charge in [-0.25, -0.2) is 4.39 Å². The van der Waals surface area contributed by atoms with Gasteiger partial charge in [0.05, 0.1) is 5.69 Å². The van der Waals surface area contributed by atoms with E-state index in [-0.39, 0.29) is 24.0 Å². The minimum atomic E-state index is -1.15. The van der Waals surface area contributed by atoms with Crippen LogP contribution in [-0.2, 0) is 0 Å². The summed E-state index contributed by atoms with van der Waals surface area (Å²) in [6.07, 6.45) is 1.43. The van der Waals surface area contributed by atoms with Crippen LogP contribution in [0, 0.1) is 18.6 Å². The molecule has 0 spiro atoms. The van der Waals surface area contributed by atoms with Crippen molar-refractivity contribution < 1.29 is 18.3 Å². The largest absolute Gasteiger partial charge is 0.453 e. The minimum absolute atomic E-state index is 0.0855. The molecule has 1 aromatic carbocycles. The fourth-order valence-corrected chi connectivity index (χ4v) is 1.92. The van der Waals surface area contributed by atoms with E-state index in [1.165, 1.54) is 18.3 Å². The molecule has 0 atom stereocenters. The van der Waals surface area contributed by atoms with Crippen LogP contribution in [0.1, 0.15) is 5.56 Å². The molecular weight excluding hydrogens is 256 g/mol. The lowest BCUT2D eigenvalue weighted by Gasteiger charge is -2.09. The van der Waals surface area contributed by atoms with Crippen LogP contribution in [-0.4, -0.2) is 11.4 Å². The summed E-state index contributed by atoms with van der Waals surface area (Å²) in [6, 6.07) is 4.14. The summed E-state index contributed by atoms with van der Waals surface area (Å²) in [5.74, 6) is -2.47. The Morgan fingerprint density at radius 1 is 1.21 bits per heavy atom. The molecule has 19 heavy (non-hydrogen) atoms. The number of hydrogen-bond donors (Lipinski definition) is 0. The minimum Gasteiger partial charge on any atom is -0.453 e. The van der Waals surface area contributed by atoms with Gasteiger partial charge in [-0.05, 0) is 12.5 Å². The van der Waals surface area contributed by atoms with Crippen molar-refractivity contribution in [2.45, 2.75) is 6.92 Å². The molecule has 3 rings (SSSR count). The zero-order valence-corrected chi connectivity index (χ0v) is 9.94. The molecule has 98 valence electrons. The van der Waals surface area contributed by atoms with E-state index in [0.29, 0.717) is 0 Å². The first kappa shape index (κ1) is 11.7. The summed E-state index contributed by atoms with van der Waals surface area (Å²) in [7, 11) is 0. The van der Waals surface area contributed by atoms with E-state index in [1.54, 1.807) is 13.0 Å². The van der Waals surface area contributed by atoms with Crippen molar-refractivity contribution in [3.63, 3.8) is 0 Å². The first-order valence-electron chi connectivity index (χ1n) is 5.55. The second-order valence-electron chi connectivity index (χ2n) is 4.17. The molecular formula is C13H9F2NO3. The molecule has 1 aliphatic heterocycles. The molecule has 6 heteroatoms. The van der Waals surface area contributed by atoms with E-state index in [9.17, 15) is 13.6 Å². The Hall–Kier alpha value is -2.37. The van der Waals surface area contributed by atoms with Gasteiger partial charge in [0.25, 0.3) is 5.56 Å². The second-order valence-corrected chi connectivity index (χ2v) is 4.17. The summed E-state index contributed by atoms with van der Waals surface area (Å²) >= 11 is 0. The second kappa shape index (κ2) is 4.08. The van der Waals surface area contributed by atoms with Crippen LogP contribution in [0.3, 0.4) is 0 Å². The van der Waals surface area contributed by atoms with Gasteiger partial charge in [-0.3, -0.25) is 9.36 Å². The Morgan fingerprint density at radius 3 is 2.79 bits per heavy atom. The molecule has 2 heterocycles. The number of fused-ring (bicyclic) bond motifs is 1. The smallest absolute Gasteiger partial charge is 0.255 e. The van der Waals surface area contributed by atoms with Gasteiger partial charge in [-0.1, -0.05) is 6.07 Å². The Kier molecular flexibility index (Phi) is 2.51. The van der Waals surface area contributed by atoms with E-state index >= 15 is 0 Å². The average Bonchev–Trinajstić information content (AvgIpc) is 2.85. The van der Waals surface area contributed by atoms with Gasteiger partial charge in [0.15, 0.2) is 11.6 Å². The number of hydrogen-bond acceptors (Lipinski definition) is 3. The molecule has 0 saturated carbocycles. The van der Waals surface area contributed by atoms with E-state index < -0.39 is 17.2 Å². The van der Waals surface area contributed by atoms with Crippen LogP contribution in [0.5, 0.6) is 11.5 Å². The molecule has 0 unspecified atom stereocenters. The van der Waals surface area contributed by atoms with Gasteiger partial charge >= 0.3 is 0 Å². The highest BCUT2D eigenvalue weighted by Gasteiger charge is 2.26. The monoisotopic (exact) mass is 265 g/mol. The third-order valence-electron chi connectivity index (χ3n) is 2.84. The number of halogens is 2. The third-order valence-corrected chi connectivity index (χ3v) is 2.84. The lowest BCUT2D eigenvalue weighted by molar-refractivity contribution is 0.170. The van der Waals surface area contributed by atoms with Gasteiger partial charge in [0, 0.05) is 18.3 Å². The maximum absolute atomic E-state index is 14.0. The number of aryl methyl sites for hydroxylation is 1. The van der Waals surface area contributed by atoms with Crippen LogP contribution in [0.4, 0.5) is 8.78 Å². The Balaban J connectivity index is 2.29. The summed E-state index contributed by atoms with van der Waals surface area (Å²) in [5, 5.41) is 0. The standard InChI is InChI=1S/C13H9F2NO3/c1-7-2-3-10(17)16(5-7)8-4-9-13(19-6-18-9)12(15)11(8)14/h2-5H,6H2,1H3.